The first-order valence-electron chi connectivity index (χ1n) is 8.86. The third kappa shape index (κ3) is 5.77. The third-order valence-electron chi connectivity index (χ3n) is 4.06. The fourth-order valence-electron chi connectivity index (χ4n) is 2.52. The lowest BCUT2D eigenvalue weighted by Crippen LogP contribution is -2.17. The van der Waals surface area contributed by atoms with Gasteiger partial charge in [-0.05, 0) is 64.9 Å². The zero-order chi connectivity index (χ0) is 20.6. The number of hydrogen-bond donors (Lipinski definition) is 1. The Labute approximate surface area is 183 Å². The summed E-state index contributed by atoms with van der Waals surface area (Å²) in [6.45, 7) is 2.50. The van der Waals surface area contributed by atoms with Gasteiger partial charge in [-0.2, -0.15) is 5.10 Å². The maximum absolute atomic E-state index is 12.0. The van der Waals surface area contributed by atoms with Gasteiger partial charge < -0.3 is 9.47 Å². The Balaban J connectivity index is 1.68. The largest absolute Gasteiger partial charge is 0.493 e. The Morgan fingerprint density at radius 1 is 1.24 bits per heavy atom. The van der Waals surface area contributed by atoms with Gasteiger partial charge in [-0.15, -0.1) is 0 Å². The van der Waals surface area contributed by atoms with Crippen LogP contribution < -0.4 is 14.9 Å². The number of pyridine rings is 1. The van der Waals surface area contributed by atoms with Crippen LogP contribution in [0.1, 0.15) is 27.0 Å². The first-order valence-corrected chi connectivity index (χ1v) is 9.94. The average molecular weight is 501 g/mol. The highest BCUT2D eigenvalue weighted by Crippen LogP contribution is 2.34. The van der Waals surface area contributed by atoms with Crippen LogP contribution in [-0.4, -0.2) is 24.2 Å². The van der Waals surface area contributed by atoms with Crippen molar-refractivity contribution in [2.75, 3.05) is 7.11 Å². The Bertz CT molecular complexity index is 1010. The lowest BCUT2D eigenvalue weighted by molar-refractivity contribution is 0.0955. The Morgan fingerprint density at radius 2 is 2.03 bits per heavy atom. The van der Waals surface area contributed by atoms with Crippen molar-refractivity contribution in [1.29, 1.82) is 0 Å². The molecule has 3 aromatic rings. The number of halogens is 1. The number of amides is 1. The molecule has 0 spiro atoms. The molecule has 29 heavy (non-hydrogen) atoms. The summed E-state index contributed by atoms with van der Waals surface area (Å²) in [6, 6.07) is 15.3. The number of nitrogens with one attached hydrogen (secondary N) is 1. The van der Waals surface area contributed by atoms with Crippen LogP contribution in [0.25, 0.3) is 0 Å². The fraction of sp³-hybridized carbons (Fsp3) is 0.136. The molecule has 1 heterocycles. The standard InChI is InChI=1S/C22H20IN3O3/c1-15-5-7-16(8-6-15)14-29-21-19(23)10-17(11-20(21)28-2)12-25-26-22(27)18-4-3-9-24-13-18/h3-13H,14H2,1-2H3,(H,26,27)/b25-12-. The second-order valence-electron chi connectivity index (χ2n) is 6.25. The molecular formula is C22H20IN3O3. The number of methoxy groups -OCH3 is 1. The molecule has 0 aliphatic heterocycles. The molecule has 0 aliphatic carbocycles. The minimum absolute atomic E-state index is 0.325. The summed E-state index contributed by atoms with van der Waals surface area (Å²) in [7, 11) is 1.59. The zero-order valence-corrected chi connectivity index (χ0v) is 18.2. The quantitative estimate of drug-likeness (QED) is 0.297. The molecular weight excluding hydrogens is 481 g/mol. The van der Waals surface area contributed by atoms with Crippen molar-refractivity contribution in [3.05, 3.63) is 86.7 Å². The van der Waals surface area contributed by atoms with E-state index in [0.717, 1.165) is 14.7 Å². The molecule has 148 valence electrons. The van der Waals surface area contributed by atoms with Gasteiger partial charge in [0.1, 0.15) is 6.61 Å². The summed E-state index contributed by atoms with van der Waals surface area (Å²) in [4.78, 5) is 15.9. The SMILES string of the molecule is COc1cc(/C=N\NC(=O)c2cccnc2)cc(I)c1OCc1ccc(C)cc1. The van der Waals surface area contributed by atoms with E-state index in [-0.39, 0.29) is 5.91 Å². The van der Waals surface area contributed by atoms with Crippen molar-refractivity contribution in [3.8, 4) is 11.5 Å². The number of benzene rings is 2. The molecule has 6 nitrogen and oxygen atoms in total. The van der Waals surface area contributed by atoms with Crippen molar-refractivity contribution in [1.82, 2.24) is 10.4 Å². The molecule has 3 rings (SSSR count). The lowest BCUT2D eigenvalue weighted by atomic mass is 10.2. The molecule has 1 amide bonds. The highest BCUT2D eigenvalue weighted by atomic mass is 127. The second kappa shape index (κ2) is 10.0. The minimum Gasteiger partial charge on any atom is -0.493 e. The van der Waals surface area contributed by atoms with Gasteiger partial charge in [0, 0.05) is 12.4 Å². The minimum atomic E-state index is -0.325. The highest BCUT2D eigenvalue weighted by Gasteiger charge is 2.12. The van der Waals surface area contributed by atoms with E-state index >= 15 is 0 Å². The molecule has 0 radical (unpaired) electrons. The van der Waals surface area contributed by atoms with Gasteiger partial charge in [0.05, 0.1) is 22.5 Å². The number of carbonyl (C=O) groups excluding carboxylic acids is 1. The number of nitrogens with zero attached hydrogens (tertiary/aromatic N) is 2. The molecule has 0 saturated heterocycles. The summed E-state index contributed by atoms with van der Waals surface area (Å²) in [6.07, 6.45) is 4.65. The molecule has 1 N–H and O–H groups in total. The highest BCUT2D eigenvalue weighted by molar-refractivity contribution is 14.1. The van der Waals surface area contributed by atoms with Gasteiger partial charge >= 0.3 is 0 Å². The predicted octanol–water partition coefficient (Wildman–Crippen LogP) is 4.35. The van der Waals surface area contributed by atoms with Crippen LogP contribution in [-0.2, 0) is 6.61 Å². The molecule has 1 aromatic heterocycles. The Hall–Kier alpha value is -2.94. The monoisotopic (exact) mass is 501 g/mol. The normalized spacial score (nSPS) is 10.7. The maximum atomic E-state index is 12.0. The number of carbonyl (C=O) groups is 1. The first-order chi connectivity index (χ1) is 14.1. The average Bonchev–Trinajstić information content (AvgIpc) is 2.74. The van der Waals surface area contributed by atoms with Crippen LogP contribution in [0.2, 0.25) is 0 Å². The number of hydrazone groups is 1. The van der Waals surface area contributed by atoms with E-state index in [9.17, 15) is 4.79 Å². The number of rotatable bonds is 7. The van der Waals surface area contributed by atoms with Crippen molar-refractivity contribution < 1.29 is 14.3 Å². The molecule has 7 heteroatoms. The van der Waals surface area contributed by atoms with Crippen LogP contribution in [0.5, 0.6) is 11.5 Å². The van der Waals surface area contributed by atoms with Gasteiger partial charge in [-0.1, -0.05) is 29.8 Å². The van der Waals surface area contributed by atoms with Crippen LogP contribution >= 0.6 is 22.6 Å². The van der Waals surface area contributed by atoms with Crippen molar-refractivity contribution in [3.63, 3.8) is 0 Å². The number of aryl methyl sites for hydroxylation is 1. The topological polar surface area (TPSA) is 72.8 Å². The molecule has 0 fully saturated rings. The Morgan fingerprint density at radius 3 is 2.72 bits per heavy atom. The molecule has 0 bridgehead atoms. The van der Waals surface area contributed by atoms with E-state index in [0.29, 0.717) is 23.7 Å². The molecule has 0 unspecified atom stereocenters. The number of hydrogen-bond acceptors (Lipinski definition) is 5. The third-order valence-corrected chi connectivity index (χ3v) is 4.86. The van der Waals surface area contributed by atoms with Crippen molar-refractivity contribution in [2.45, 2.75) is 13.5 Å². The molecule has 0 aliphatic rings. The van der Waals surface area contributed by atoms with Gasteiger partial charge in [0.25, 0.3) is 5.91 Å². The summed E-state index contributed by atoms with van der Waals surface area (Å²) >= 11 is 2.20. The lowest BCUT2D eigenvalue weighted by Gasteiger charge is -2.13. The van der Waals surface area contributed by atoms with E-state index < -0.39 is 0 Å². The molecule has 0 saturated carbocycles. The fourth-order valence-corrected chi connectivity index (χ4v) is 3.30. The zero-order valence-electron chi connectivity index (χ0n) is 16.1. The van der Waals surface area contributed by atoms with E-state index in [1.807, 2.05) is 24.3 Å². The van der Waals surface area contributed by atoms with Crippen LogP contribution in [0, 0.1) is 10.5 Å². The second-order valence-corrected chi connectivity index (χ2v) is 7.41. The summed E-state index contributed by atoms with van der Waals surface area (Å²) in [5.74, 6) is 0.948. The van der Waals surface area contributed by atoms with Crippen molar-refractivity contribution in [2.24, 2.45) is 5.10 Å². The Kier molecular flexibility index (Phi) is 7.18. The van der Waals surface area contributed by atoms with Crippen LogP contribution in [0.15, 0.2) is 66.0 Å². The van der Waals surface area contributed by atoms with Gasteiger partial charge in [0.15, 0.2) is 11.5 Å². The van der Waals surface area contributed by atoms with E-state index in [1.165, 1.54) is 11.8 Å². The first kappa shape index (κ1) is 20.8. The molecule has 2 aromatic carbocycles. The summed E-state index contributed by atoms with van der Waals surface area (Å²) in [5.41, 5.74) is 5.99. The van der Waals surface area contributed by atoms with E-state index in [1.54, 1.807) is 31.7 Å². The number of ether oxygens (including phenoxy) is 2. The smallest absolute Gasteiger partial charge is 0.272 e. The van der Waals surface area contributed by atoms with Gasteiger partial charge in [-0.25, -0.2) is 5.43 Å². The maximum Gasteiger partial charge on any atom is 0.272 e. The van der Waals surface area contributed by atoms with Crippen LogP contribution in [0.3, 0.4) is 0 Å². The summed E-state index contributed by atoms with van der Waals surface area (Å²) < 4.78 is 12.4. The van der Waals surface area contributed by atoms with Crippen molar-refractivity contribution >= 4 is 34.7 Å². The number of aromatic nitrogens is 1. The predicted molar refractivity (Wildman–Crippen MR) is 121 cm³/mol. The molecule has 0 atom stereocenters. The summed E-state index contributed by atoms with van der Waals surface area (Å²) in [5, 5.41) is 4.01. The van der Waals surface area contributed by atoms with Crippen LogP contribution in [0.4, 0.5) is 0 Å². The van der Waals surface area contributed by atoms with E-state index in [4.69, 9.17) is 9.47 Å². The van der Waals surface area contributed by atoms with E-state index in [2.05, 4.69) is 57.2 Å². The van der Waals surface area contributed by atoms with Gasteiger partial charge in [0.2, 0.25) is 0 Å². The van der Waals surface area contributed by atoms with Gasteiger partial charge in [-0.3, -0.25) is 9.78 Å².